The molecule has 0 spiro atoms. The van der Waals surface area contributed by atoms with Gasteiger partial charge in [-0.05, 0) is 109 Å². The molecule has 0 aliphatic carbocycles. The Morgan fingerprint density at radius 1 is 0.296 bits per heavy atom. The van der Waals surface area contributed by atoms with Crippen LogP contribution in [0.4, 0.5) is 17.1 Å². The van der Waals surface area contributed by atoms with Crippen molar-refractivity contribution in [2.45, 2.75) is 0 Å². The summed E-state index contributed by atoms with van der Waals surface area (Å²) in [5.74, 6) is 0. The normalized spacial score (nSPS) is 11.7. The molecule has 0 aliphatic heterocycles. The molecule has 0 atom stereocenters. The molecule has 0 N–H and O–H groups in total. The van der Waals surface area contributed by atoms with Crippen molar-refractivity contribution in [1.29, 1.82) is 0 Å². The molecule has 0 unspecified atom stereocenters. The summed E-state index contributed by atoms with van der Waals surface area (Å²) < 4.78 is 6.38. The van der Waals surface area contributed by atoms with Gasteiger partial charge in [-0.15, -0.1) is 0 Å². The molecule has 11 aromatic rings. The van der Waals surface area contributed by atoms with Gasteiger partial charge < -0.3 is 9.32 Å². The number of hydrogen-bond acceptors (Lipinski definition) is 2. The minimum Gasteiger partial charge on any atom is -0.456 e. The van der Waals surface area contributed by atoms with E-state index in [0.717, 1.165) is 39.2 Å². The van der Waals surface area contributed by atoms with Crippen LogP contribution in [0, 0.1) is 0 Å². The molecule has 1 heterocycles. The summed E-state index contributed by atoms with van der Waals surface area (Å²) >= 11 is 0. The van der Waals surface area contributed by atoms with Crippen LogP contribution in [0.5, 0.6) is 0 Å². The lowest BCUT2D eigenvalue weighted by Crippen LogP contribution is -2.10. The number of nitrogens with zero attached hydrogens (tertiary/aromatic N) is 1. The van der Waals surface area contributed by atoms with Crippen LogP contribution in [0.1, 0.15) is 0 Å². The summed E-state index contributed by atoms with van der Waals surface area (Å²) in [5, 5.41) is 12.2. The van der Waals surface area contributed by atoms with Crippen LogP contribution in [-0.2, 0) is 0 Å². The van der Waals surface area contributed by atoms with Gasteiger partial charge in [-0.2, -0.15) is 0 Å². The average Bonchev–Trinajstić information content (AvgIpc) is 3.63. The minimum atomic E-state index is 0.916. The van der Waals surface area contributed by atoms with Crippen LogP contribution in [0.2, 0.25) is 0 Å². The van der Waals surface area contributed by atoms with Crippen LogP contribution in [0.25, 0.3) is 87.3 Å². The van der Waals surface area contributed by atoms with E-state index >= 15 is 0 Å². The van der Waals surface area contributed by atoms with Crippen molar-refractivity contribution in [2.75, 3.05) is 4.90 Å². The van der Waals surface area contributed by atoms with E-state index in [0.29, 0.717) is 0 Å². The van der Waals surface area contributed by atoms with E-state index in [4.69, 9.17) is 4.42 Å². The van der Waals surface area contributed by atoms with Gasteiger partial charge in [0.25, 0.3) is 0 Å². The first-order chi connectivity index (χ1) is 26.8. The first-order valence-corrected chi connectivity index (χ1v) is 18.5. The third-order valence-corrected chi connectivity index (χ3v) is 11.0. The molecule has 252 valence electrons. The first kappa shape index (κ1) is 30.5. The highest BCUT2D eigenvalue weighted by Crippen LogP contribution is 2.45. The highest BCUT2D eigenvalue weighted by molar-refractivity contribution is 6.34. The van der Waals surface area contributed by atoms with Crippen molar-refractivity contribution in [2.24, 2.45) is 0 Å². The van der Waals surface area contributed by atoms with Crippen molar-refractivity contribution in [1.82, 2.24) is 0 Å². The second-order valence-electron chi connectivity index (χ2n) is 14.1. The fraction of sp³-hybridized carbons (Fsp3) is 0. The van der Waals surface area contributed by atoms with E-state index < -0.39 is 0 Å². The zero-order valence-electron chi connectivity index (χ0n) is 29.4. The topological polar surface area (TPSA) is 16.4 Å². The second-order valence-corrected chi connectivity index (χ2v) is 14.1. The molecular weight excluding hydrogens is 655 g/mol. The van der Waals surface area contributed by atoms with Crippen LogP contribution in [-0.4, -0.2) is 0 Å². The van der Waals surface area contributed by atoms with Crippen molar-refractivity contribution < 1.29 is 4.42 Å². The van der Waals surface area contributed by atoms with Gasteiger partial charge >= 0.3 is 0 Å². The van der Waals surface area contributed by atoms with Gasteiger partial charge in [-0.1, -0.05) is 146 Å². The third kappa shape index (κ3) is 4.81. The Balaban J connectivity index is 1.13. The summed E-state index contributed by atoms with van der Waals surface area (Å²) in [6, 6.07) is 72.3. The van der Waals surface area contributed by atoms with Crippen molar-refractivity contribution in [3.8, 4) is 22.3 Å². The number of benzene rings is 10. The molecule has 2 nitrogen and oxygen atoms in total. The van der Waals surface area contributed by atoms with E-state index in [1.807, 2.05) is 6.07 Å². The lowest BCUT2D eigenvalue weighted by molar-refractivity contribution is 0.669. The maximum Gasteiger partial charge on any atom is 0.136 e. The van der Waals surface area contributed by atoms with Crippen molar-refractivity contribution in [3.05, 3.63) is 200 Å². The average molecular weight is 688 g/mol. The predicted octanol–water partition coefficient (Wildman–Crippen LogP) is 15.0. The largest absolute Gasteiger partial charge is 0.456 e. The molecule has 0 bridgehead atoms. The third-order valence-electron chi connectivity index (χ3n) is 11.0. The molecule has 2 heteroatoms. The number of hydrogen-bond donors (Lipinski definition) is 0. The molecule has 54 heavy (non-hydrogen) atoms. The van der Waals surface area contributed by atoms with E-state index in [9.17, 15) is 0 Å². The molecular formula is C52H33NO. The van der Waals surface area contributed by atoms with Gasteiger partial charge in [0, 0.05) is 32.9 Å². The monoisotopic (exact) mass is 687 g/mol. The van der Waals surface area contributed by atoms with E-state index in [1.54, 1.807) is 0 Å². The highest BCUT2D eigenvalue weighted by atomic mass is 16.3. The maximum absolute atomic E-state index is 6.38. The Kier molecular flexibility index (Phi) is 6.90. The Morgan fingerprint density at radius 2 is 0.852 bits per heavy atom. The number of fused-ring (bicyclic) bond motifs is 11. The smallest absolute Gasteiger partial charge is 0.136 e. The molecule has 1 aromatic heterocycles. The SMILES string of the molecule is c1ccc(-c2cccc(N(c3cccc(-c4ccc5c6ccccc6c6c(ccc7oc8ccccc8c76)c5c4)c3)c3cccc4ccccc34)c2)cc1. The minimum absolute atomic E-state index is 0.916. The summed E-state index contributed by atoms with van der Waals surface area (Å²) in [5.41, 5.74) is 9.90. The molecule has 0 amide bonds. The van der Waals surface area contributed by atoms with Crippen molar-refractivity contribution in [3.63, 3.8) is 0 Å². The predicted molar refractivity (Wildman–Crippen MR) is 229 cm³/mol. The van der Waals surface area contributed by atoms with Gasteiger partial charge in [0.1, 0.15) is 11.2 Å². The molecule has 10 aromatic carbocycles. The fourth-order valence-corrected chi connectivity index (χ4v) is 8.55. The van der Waals surface area contributed by atoms with Gasteiger partial charge in [0.05, 0.1) is 5.69 Å². The summed E-state index contributed by atoms with van der Waals surface area (Å²) in [6.45, 7) is 0. The molecule has 0 fully saturated rings. The van der Waals surface area contributed by atoms with Crippen molar-refractivity contribution >= 4 is 82.1 Å². The highest BCUT2D eigenvalue weighted by Gasteiger charge is 2.19. The van der Waals surface area contributed by atoms with Crippen LogP contribution < -0.4 is 4.90 Å². The Hall–Kier alpha value is -7.16. The molecule has 11 rings (SSSR count). The Bertz CT molecular complexity index is 3220. The van der Waals surface area contributed by atoms with E-state index in [1.165, 1.54) is 65.2 Å². The zero-order chi connectivity index (χ0) is 35.6. The number of anilines is 3. The second kappa shape index (κ2) is 12.2. The number of para-hydroxylation sites is 1. The molecule has 0 saturated carbocycles. The van der Waals surface area contributed by atoms with Gasteiger partial charge in [0.2, 0.25) is 0 Å². The number of rotatable bonds is 5. The quantitative estimate of drug-likeness (QED) is 0.168. The van der Waals surface area contributed by atoms with E-state index in [-0.39, 0.29) is 0 Å². The summed E-state index contributed by atoms with van der Waals surface area (Å²) in [4.78, 5) is 2.41. The van der Waals surface area contributed by atoms with Gasteiger partial charge in [-0.25, -0.2) is 0 Å². The maximum atomic E-state index is 6.38. The standard InChI is InChI=1S/C52H33NO/c1-2-13-34(14-3-1)36-17-10-19-39(31-36)53(48-25-12-16-35-15-4-5-21-41(35)48)40-20-11-18-37(32-40)38-27-28-43-42-22-6-7-23-44(42)51-45(47(43)33-38)29-30-50-52(51)46-24-8-9-26-49(46)54-50/h1-33H. The zero-order valence-corrected chi connectivity index (χ0v) is 29.4. The van der Waals surface area contributed by atoms with E-state index in [2.05, 4.69) is 199 Å². The Morgan fingerprint density at radius 3 is 1.67 bits per heavy atom. The Labute approximate surface area is 312 Å². The van der Waals surface area contributed by atoms with Crippen LogP contribution in [0.3, 0.4) is 0 Å². The first-order valence-electron chi connectivity index (χ1n) is 18.5. The lowest BCUT2D eigenvalue weighted by atomic mass is 9.90. The molecule has 0 aliphatic rings. The lowest BCUT2D eigenvalue weighted by Gasteiger charge is -2.28. The van der Waals surface area contributed by atoms with Crippen LogP contribution >= 0.6 is 0 Å². The summed E-state index contributed by atoms with van der Waals surface area (Å²) in [6.07, 6.45) is 0. The molecule has 0 radical (unpaired) electrons. The van der Waals surface area contributed by atoms with Gasteiger partial charge in [0.15, 0.2) is 0 Å². The molecule has 0 saturated heterocycles. The fourth-order valence-electron chi connectivity index (χ4n) is 8.55. The van der Waals surface area contributed by atoms with Crippen LogP contribution in [0.15, 0.2) is 205 Å². The number of furan rings is 1. The van der Waals surface area contributed by atoms with Gasteiger partial charge in [-0.3, -0.25) is 0 Å². The summed E-state index contributed by atoms with van der Waals surface area (Å²) in [7, 11) is 0.